The summed E-state index contributed by atoms with van der Waals surface area (Å²) in [6.07, 6.45) is 0. The molecule has 4 rings (SSSR count). The molecule has 0 radical (unpaired) electrons. The van der Waals surface area contributed by atoms with Crippen LogP contribution in [0.2, 0.25) is 0 Å². The van der Waals surface area contributed by atoms with Gasteiger partial charge in [0, 0.05) is 22.9 Å². The Morgan fingerprint density at radius 2 is 1.51 bits per heavy atom. The van der Waals surface area contributed by atoms with Crippen LogP contribution >= 0.6 is 11.8 Å². The summed E-state index contributed by atoms with van der Waals surface area (Å²) in [6, 6.07) is 25.6. The molecule has 1 saturated heterocycles. The third kappa shape index (κ3) is 6.50. The largest absolute Gasteiger partial charge is 0.394 e. The predicted molar refractivity (Wildman–Crippen MR) is 134 cm³/mol. The molecule has 3 aromatic carbocycles. The molecule has 0 spiro atoms. The van der Waals surface area contributed by atoms with E-state index in [-0.39, 0.29) is 43.7 Å². The van der Waals surface area contributed by atoms with Crippen LogP contribution in [-0.2, 0) is 26.2 Å². The molecule has 1 heterocycles. The van der Waals surface area contributed by atoms with Crippen LogP contribution in [0.15, 0.2) is 99.6 Å². The lowest BCUT2D eigenvalue weighted by Crippen LogP contribution is -2.57. The summed E-state index contributed by atoms with van der Waals surface area (Å²) in [5, 5.41) is 9.82. The zero-order chi connectivity index (χ0) is 24.7. The summed E-state index contributed by atoms with van der Waals surface area (Å²) in [6.45, 7) is 0.373. The second-order valence-electron chi connectivity index (χ2n) is 8.15. The second-order valence-corrected chi connectivity index (χ2v) is 11.2. The highest BCUT2D eigenvalue weighted by Crippen LogP contribution is 2.29. The van der Waals surface area contributed by atoms with Gasteiger partial charge in [-0.1, -0.05) is 60.3 Å². The number of benzene rings is 3. The minimum atomic E-state index is -3.81. The summed E-state index contributed by atoms with van der Waals surface area (Å²) in [5.41, 5.74) is 1.000. The van der Waals surface area contributed by atoms with Crippen molar-refractivity contribution in [3.05, 3.63) is 90.5 Å². The van der Waals surface area contributed by atoms with E-state index in [0.717, 1.165) is 15.4 Å². The van der Waals surface area contributed by atoms with E-state index < -0.39 is 16.1 Å². The Labute approximate surface area is 210 Å². The van der Waals surface area contributed by atoms with Gasteiger partial charge in [-0.2, -0.15) is 4.31 Å². The van der Waals surface area contributed by atoms with Crippen molar-refractivity contribution in [2.75, 3.05) is 32.8 Å². The van der Waals surface area contributed by atoms with E-state index in [2.05, 4.69) is 0 Å². The van der Waals surface area contributed by atoms with Crippen LogP contribution in [0.1, 0.15) is 5.56 Å². The molecule has 9 heteroatoms. The van der Waals surface area contributed by atoms with Gasteiger partial charge in [0.15, 0.2) is 0 Å². The number of hydrogen-bond acceptors (Lipinski definition) is 6. The van der Waals surface area contributed by atoms with Gasteiger partial charge in [-0.05, 0) is 42.0 Å². The van der Waals surface area contributed by atoms with E-state index in [4.69, 9.17) is 4.74 Å². The molecule has 1 aliphatic heterocycles. The number of aliphatic hydroxyl groups is 1. The number of rotatable bonds is 10. The molecule has 1 fully saturated rings. The number of piperazine rings is 1. The number of amides is 1. The third-order valence-corrected chi connectivity index (χ3v) is 8.61. The van der Waals surface area contributed by atoms with E-state index in [1.165, 1.54) is 9.21 Å². The summed E-state index contributed by atoms with van der Waals surface area (Å²) in [7, 11) is -3.81. The monoisotopic (exact) mass is 512 g/mol. The van der Waals surface area contributed by atoms with E-state index >= 15 is 0 Å². The molecule has 0 aromatic heterocycles. The van der Waals surface area contributed by atoms with E-state index in [1.54, 1.807) is 36.0 Å². The van der Waals surface area contributed by atoms with Crippen molar-refractivity contribution in [2.45, 2.75) is 27.3 Å². The molecule has 1 aliphatic rings. The van der Waals surface area contributed by atoms with Crippen LogP contribution in [0, 0.1) is 0 Å². The number of hydrogen-bond donors (Lipinski definition) is 1. The summed E-state index contributed by atoms with van der Waals surface area (Å²) in [5.74, 6) is -0.349. The van der Waals surface area contributed by atoms with Gasteiger partial charge in [0.1, 0.15) is 0 Å². The fraction of sp³-hybridized carbons (Fsp3) is 0.269. The van der Waals surface area contributed by atoms with Crippen molar-refractivity contribution in [1.29, 1.82) is 0 Å². The molecule has 0 unspecified atom stereocenters. The van der Waals surface area contributed by atoms with Crippen molar-refractivity contribution in [3.8, 4) is 0 Å². The molecule has 184 valence electrons. The smallest absolute Gasteiger partial charge is 0.243 e. The van der Waals surface area contributed by atoms with Crippen LogP contribution < -0.4 is 0 Å². The van der Waals surface area contributed by atoms with Crippen molar-refractivity contribution in [1.82, 2.24) is 9.21 Å². The van der Waals surface area contributed by atoms with Gasteiger partial charge < -0.3 is 14.7 Å². The van der Waals surface area contributed by atoms with Gasteiger partial charge in [-0.15, -0.1) is 0 Å². The number of carbonyl (C=O) groups is 1. The quantitative estimate of drug-likeness (QED) is 0.449. The molecule has 1 N–H and O–H groups in total. The number of aliphatic hydroxyl groups excluding tert-OH is 1. The zero-order valence-electron chi connectivity index (χ0n) is 19.2. The summed E-state index contributed by atoms with van der Waals surface area (Å²) >= 11 is 1.55. The van der Waals surface area contributed by atoms with Crippen LogP contribution in [0.25, 0.3) is 0 Å². The predicted octanol–water partition coefficient (Wildman–Crippen LogP) is 3.25. The average molecular weight is 513 g/mol. The topological polar surface area (TPSA) is 87.2 Å². The molecule has 0 bridgehead atoms. The average Bonchev–Trinajstić information content (AvgIpc) is 2.88. The van der Waals surface area contributed by atoms with Crippen molar-refractivity contribution in [3.63, 3.8) is 0 Å². The lowest BCUT2D eigenvalue weighted by molar-refractivity contribution is -0.139. The lowest BCUT2D eigenvalue weighted by atomic mass is 10.2. The Kier molecular flexibility index (Phi) is 8.59. The van der Waals surface area contributed by atoms with Gasteiger partial charge >= 0.3 is 0 Å². The highest BCUT2D eigenvalue weighted by atomic mass is 32.2. The van der Waals surface area contributed by atoms with E-state index in [0.29, 0.717) is 6.61 Å². The van der Waals surface area contributed by atoms with Crippen molar-refractivity contribution < 1.29 is 23.1 Å². The Balaban J connectivity index is 1.34. The lowest BCUT2D eigenvalue weighted by Gasteiger charge is -2.37. The number of ether oxygens (including phenoxy) is 1. The van der Waals surface area contributed by atoms with E-state index in [1.807, 2.05) is 60.7 Å². The first-order chi connectivity index (χ1) is 17.0. The van der Waals surface area contributed by atoms with Crippen molar-refractivity contribution in [2.24, 2.45) is 0 Å². The minimum Gasteiger partial charge on any atom is -0.394 e. The Bertz CT molecular complexity index is 1210. The van der Waals surface area contributed by atoms with Gasteiger partial charge in [-0.25, -0.2) is 8.42 Å². The van der Waals surface area contributed by atoms with Gasteiger partial charge in [0.25, 0.3) is 0 Å². The number of carbonyl (C=O) groups excluding carboxylic acids is 1. The molecule has 7 nitrogen and oxygen atoms in total. The third-order valence-electron chi connectivity index (χ3n) is 5.74. The molecule has 0 aliphatic carbocycles. The van der Waals surface area contributed by atoms with Gasteiger partial charge in [0.05, 0.1) is 37.3 Å². The Morgan fingerprint density at radius 1 is 0.886 bits per heavy atom. The van der Waals surface area contributed by atoms with Crippen LogP contribution in [-0.4, -0.2) is 67.5 Å². The first-order valence-electron chi connectivity index (χ1n) is 11.3. The summed E-state index contributed by atoms with van der Waals surface area (Å²) in [4.78, 5) is 16.5. The second kappa shape index (κ2) is 11.8. The van der Waals surface area contributed by atoms with Crippen LogP contribution in [0.3, 0.4) is 0 Å². The van der Waals surface area contributed by atoms with Crippen LogP contribution in [0.4, 0.5) is 0 Å². The molecule has 35 heavy (non-hydrogen) atoms. The Hall–Kier alpha value is -2.69. The SMILES string of the molecule is O=C1CN(S(=O)(=O)c2ccc(Sc3ccccc3)cc2)CCN1[C@H](CO)COCc1ccccc1. The minimum absolute atomic E-state index is 0.154. The fourth-order valence-electron chi connectivity index (χ4n) is 3.84. The first-order valence-corrected chi connectivity index (χ1v) is 13.6. The molecule has 1 amide bonds. The highest BCUT2D eigenvalue weighted by Gasteiger charge is 2.35. The molecular weight excluding hydrogens is 484 g/mol. The zero-order valence-corrected chi connectivity index (χ0v) is 20.8. The van der Waals surface area contributed by atoms with Gasteiger partial charge in [0.2, 0.25) is 15.9 Å². The number of nitrogens with zero attached hydrogens (tertiary/aromatic N) is 2. The summed E-state index contributed by atoms with van der Waals surface area (Å²) < 4.78 is 33.2. The fourth-order valence-corrected chi connectivity index (χ4v) is 6.06. The molecule has 3 aromatic rings. The van der Waals surface area contributed by atoms with E-state index in [9.17, 15) is 18.3 Å². The first kappa shape index (κ1) is 25.4. The van der Waals surface area contributed by atoms with Gasteiger partial charge in [-0.3, -0.25) is 4.79 Å². The molecule has 1 atom stereocenters. The maximum Gasteiger partial charge on any atom is 0.243 e. The molecule has 0 saturated carbocycles. The number of sulfonamides is 1. The highest BCUT2D eigenvalue weighted by molar-refractivity contribution is 7.99. The Morgan fingerprint density at radius 3 is 2.14 bits per heavy atom. The maximum absolute atomic E-state index is 13.2. The maximum atomic E-state index is 13.2. The van der Waals surface area contributed by atoms with Crippen molar-refractivity contribution >= 4 is 27.7 Å². The normalized spacial score (nSPS) is 15.8. The van der Waals surface area contributed by atoms with Crippen LogP contribution in [0.5, 0.6) is 0 Å². The standard InChI is InChI=1S/C26H28N2O5S2/c29-18-22(20-33-19-21-7-3-1-4-8-21)28-16-15-27(17-26(28)30)35(31,32)25-13-11-24(12-14-25)34-23-9-5-2-6-10-23/h1-14,22,29H,15-20H2/t22-/m1/s1. The molecular formula is C26H28N2O5S2.